The summed E-state index contributed by atoms with van der Waals surface area (Å²) in [6, 6.07) is 13.3. The van der Waals surface area contributed by atoms with Crippen LogP contribution in [0.5, 0.6) is 5.75 Å². The zero-order chi connectivity index (χ0) is 23.5. The first kappa shape index (κ1) is 23.0. The molecule has 1 saturated heterocycles. The van der Waals surface area contributed by atoms with E-state index in [1.54, 1.807) is 12.1 Å². The van der Waals surface area contributed by atoms with E-state index >= 15 is 0 Å². The second-order valence-electron chi connectivity index (χ2n) is 9.47. The fourth-order valence-corrected chi connectivity index (χ4v) is 4.41. The van der Waals surface area contributed by atoms with Gasteiger partial charge < -0.3 is 9.64 Å². The number of hydrogen-bond acceptors (Lipinski definition) is 4. The van der Waals surface area contributed by atoms with Crippen LogP contribution in [0.4, 0.5) is 4.39 Å². The number of hydrogen-bond donors (Lipinski definition) is 0. The topological polar surface area (TPSA) is 49.9 Å². The van der Waals surface area contributed by atoms with Crippen LogP contribution in [0.1, 0.15) is 44.7 Å². The summed E-state index contributed by atoms with van der Waals surface area (Å²) in [4.78, 5) is 30.4. The molecule has 33 heavy (non-hydrogen) atoms. The van der Waals surface area contributed by atoms with Gasteiger partial charge in [-0.15, -0.1) is 0 Å². The number of nitrogens with zero attached hydrogens (tertiary/aromatic N) is 2. The third kappa shape index (κ3) is 5.10. The summed E-state index contributed by atoms with van der Waals surface area (Å²) in [7, 11) is 0. The van der Waals surface area contributed by atoms with Crippen LogP contribution in [0.2, 0.25) is 0 Å². The van der Waals surface area contributed by atoms with Crippen molar-refractivity contribution >= 4 is 17.4 Å². The Hall–Kier alpha value is -3.15. The van der Waals surface area contributed by atoms with E-state index in [0.717, 1.165) is 31.7 Å². The van der Waals surface area contributed by atoms with Gasteiger partial charge >= 0.3 is 0 Å². The summed E-state index contributed by atoms with van der Waals surface area (Å²) < 4.78 is 19.1. The Bertz CT molecular complexity index is 1040. The standard InChI is InChI=1S/C27H31FN2O3/c1-18(2)17-33-23-12-8-21(9-13-23)24-25(29-14-4-5-19(3)15-29)27(32)30(26(24)31)16-20-6-10-22(28)11-7-20/h6-13,18-19H,4-5,14-17H2,1-3H3. The van der Waals surface area contributed by atoms with Gasteiger partial charge in [-0.3, -0.25) is 14.5 Å². The van der Waals surface area contributed by atoms with Crippen LogP contribution < -0.4 is 4.74 Å². The highest BCUT2D eigenvalue weighted by Crippen LogP contribution is 2.35. The molecule has 1 fully saturated rings. The Morgan fingerprint density at radius 3 is 2.36 bits per heavy atom. The molecular weight excluding hydrogens is 419 g/mol. The molecule has 0 aromatic heterocycles. The molecule has 1 atom stereocenters. The van der Waals surface area contributed by atoms with Crippen LogP contribution in [0.3, 0.4) is 0 Å². The predicted molar refractivity (Wildman–Crippen MR) is 126 cm³/mol. The second-order valence-corrected chi connectivity index (χ2v) is 9.47. The largest absolute Gasteiger partial charge is 0.493 e. The molecule has 4 rings (SSSR count). The zero-order valence-corrected chi connectivity index (χ0v) is 19.5. The fourth-order valence-electron chi connectivity index (χ4n) is 4.41. The maximum Gasteiger partial charge on any atom is 0.278 e. The molecule has 2 aromatic carbocycles. The lowest BCUT2D eigenvalue weighted by molar-refractivity contribution is -0.138. The van der Waals surface area contributed by atoms with Crippen LogP contribution in [-0.4, -0.2) is 41.3 Å². The van der Waals surface area contributed by atoms with Crippen molar-refractivity contribution in [3.8, 4) is 5.75 Å². The van der Waals surface area contributed by atoms with Gasteiger partial charge in [0, 0.05) is 13.1 Å². The normalized spacial score (nSPS) is 19.1. The third-order valence-electron chi connectivity index (χ3n) is 6.10. The van der Waals surface area contributed by atoms with Crippen LogP contribution in [0, 0.1) is 17.7 Å². The van der Waals surface area contributed by atoms with Gasteiger partial charge in [-0.25, -0.2) is 4.39 Å². The average molecular weight is 451 g/mol. The molecule has 2 aliphatic rings. The van der Waals surface area contributed by atoms with Gasteiger partial charge in [0.05, 0.1) is 18.7 Å². The highest BCUT2D eigenvalue weighted by molar-refractivity contribution is 6.35. The SMILES string of the molecule is CC(C)COc1ccc(C2=C(N3CCCC(C)C3)C(=O)N(Cc3ccc(F)cc3)C2=O)cc1. The van der Waals surface area contributed by atoms with Crippen LogP contribution in [0.15, 0.2) is 54.2 Å². The number of imide groups is 1. The Balaban J connectivity index is 1.66. The van der Waals surface area contributed by atoms with Gasteiger partial charge in [-0.2, -0.15) is 0 Å². The first-order valence-corrected chi connectivity index (χ1v) is 11.7. The second kappa shape index (κ2) is 9.77. The Kier molecular flexibility index (Phi) is 6.82. The number of halogens is 1. The highest BCUT2D eigenvalue weighted by atomic mass is 19.1. The molecule has 2 amide bonds. The first-order chi connectivity index (χ1) is 15.8. The van der Waals surface area contributed by atoms with Crippen molar-refractivity contribution in [3.63, 3.8) is 0 Å². The van der Waals surface area contributed by atoms with Crippen molar-refractivity contribution in [1.29, 1.82) is 0 Å². The summed E-state index contributed by atoms with van der Waals surface area (Å²) >= 11 is 0. The van der Waals surface area contributed by atoms with Gasteiger partial charge in [-0.1, -0.05) is 45.0 Å². The average Bonchev–Trinajstić information content (AvgIpc) is 3.04. The number of amides is 2. The summed E-state index contributed by atoms with van der Waals surface area (Å²) in [6.45, 7) is 8.57. The zero-order valence-electron chi connectivity index (χ0n) is 19.5. The number of benzene rings is 2. The smallest absolute Gasteiger partial charge is 0.278 e. The Morgan fingerprint density at radius 1 is 1.03 bits per heavy atom. The number of likely N-dealkylation sites (tertiary alicyclic amines) is 1. The van der Waals surface area contributed by atoms with E-state index in [1.807, 2.05) is 24.3 Å². The van der Waals surface area contributed by atoms with Crippen LogP contribution in [0.25, 0.3) is 5.57 Å². The summed E-state index contributed by atoms with van der Waals surface area (Å²) in [5.41, 5.74) is 2.33. The number of piperidine rings is 1. The van der Waals surface area contributed by atoms with Crippen molar-refractivity contribution in [2.75, 3.05) is 19.7 Å². The number of rotatable bonds is 7. The maximum absolute atomic E-state index is 13.5. The van der Waals surface area contributed by atoms with E-state index in [-0.39, 0.29) is 24.2 Å². The van der Waals surface area contributed by atoms with Crippen LogP contribution >= 0.6 is 0 Å². The Labute approximate surface area is 194 Å². The number of carbonyl (C=O) groups is 2. The quantitative estimate of drug-likeness (QED) is 0.565. The molecular formula is C27H31FN2O3. The molecule has 0 spiro atoms. The molecule has 2 heterocycles. The minimum atomic E-state index is -0.348. The molecule has 0 bridgehead atoms. The van der Waals surface area contributed by atoms with Crippen molar-refractivity contribution in [2.45, 2.75) is 40.2 Å². The van der Waals surface area contributed by atoms with E-state index in [9.17, 15) is 14.0 Å². The minimum absolute atomic E-state index is 0.115. The summed E-state index contributed by atoms with van der Waals surface area (Å²) in [5, 5.41) is 0. The van der Waals surface area contributed by atoms with E-state index in [1.165, 1.54) is 17.0 Å². The minimum Gasteiger partial charge on any atom is -0.493 e. The molecule has 1 unspecified atom stereocenters. The molecule has 6 heteroatoms. The van der Waals surface area contributed by atoms with Gasteiger partial charge in [-0.05, 0) is 60.1 Å². The molecule has 5 nitrogen and oxygen atoms in total. The first-order valence-electron chi connectivity index (χ1n) is 11.7. The molecule has 0 N–H and O–H groups in total. The predicted octanol–water partition coefficient (Wildman–Crippen LogP) is 4.87. The van der Waals surface area contributed by atoms with Crippen LogP contribution in [-0.2, 0) is 16.1 Å². The highest BCUT2D eigenvalue weighted by Gasteiger charge is 2.42. The molecule has 0 radical (unpaired) electrons. The van der Waals surface area contributed by atoms with E-state index in [0.29, 0.717) is 40.8 Å². The molecule has 174 valence electrons. The molecule has 2 aromatic rings. The van der Waals surface area contributed by atoms with Gasteiger partial charge in [0.2, 0.25) is 0 Å². The van der Waals surface area contributed by atoms with Crippen molar-refractivity contribution in [3.05, 3.63) is 71.2 Å². The van der Waals surface area contributed by atoms with Gasteiger partial charge in [0.25, 0.3) is 11.8 Å². The van der Waals surface area contributed by atoms with E-state index in [4.69, 9.17) is 4.74 Å². The lowest BCUT2D eigenvalue weighted by atomic mass is 9.97. The number of ether oxygens (including phenoxy) is 1. The Morgan fingerprint density at radius 2 is 1.73 bits per heavy atom. The van der Waals surface area contributed by atoms with Crippen molar-refractivity contribution in [2.24, 2.45) is 11.8 Å². The molecule has 0 saturated carbocycles. The van der Waals surface area contributed by atoms with E-state index in [2.05, 4.69) is 25.7 Å². The summed E-state index contributed by atoms with van der Waals surface area (Å²) in [5.74, 6) is 0.657. The van der Waals surface area contributed by atoms with E-state index < -0.39 is 0 Å². The summed E-state index contributed by atoms with van der Waals surface area (Å²) in [6.07, 6.45) is 2.10. The molecule has 2 aliphatic heterocycles. The van der Waals surface area contributed by atoms with Crippen molar-refractivity contribution < 1.29 is 18.7 Å². The molecule has 0 aliphatic carbocycles. The lowest BCUT2D eigenvalue weighted by Crippen LogP contribution is -2.39. The third-order valence-corrected chi connectivity index (χ3v) is 6.10. The maximum atomic E-state index is 13.5. The van der Waals surface area contributed by atoms with Gasteiger partial charge in [0.1, 0.15) is 17.3 Å². The fraction of sp³-hybridized carbons (Fsp3) is 0.407. The number of carbonyl (C=O) groups excluding carboxylic acids is 2. The monoisotopic (exact) mass is 450 g/mol. The lowest BCUT2D eigenvalue weighted by Gasteiger charge is -2.33. The van der Waals surface area contributed by atoms with Gasteiger partial charge in [0.15, 0.2) is 0 Å². The van der Waals surface area contributed by atoms with Crippen molar-refractivity contribution in [1.82, 2.24) is 9.80 Å².